The number of pyridine rings is 1. The number of hydrogen-bond acceptors (Lipinski definition) is 3. The van der Waals surface area contributed by atoms with Crippen molar-refractivity contribution in [3.8, 4) is 0 Å². The first-order valence-electron chi connectivity index (χ1n) is 5.42. The van der Waals surface area contributed by atoms with Crippen molar-refractivity contribution in [2.75, 3.05) is 11.9 Å². The zero-order valence-corrected chi connectivity index (χ0v) is 10.8. The van der Waals surface area contributed by atoms with E-state index < -0.39 is 0 Å². The van der Waals surface area contributed by atoms with Crippen molar-refractivity contribution in [1.29, 1.82) is 0 Å². The van der Waals surface area contributed by atoms with Crippen LogP contribution in [0, 0.1) is 6.92 Å². The molecule has 0 saturated carbocycles. The van der Waals surface area contributed by atoms with Gasteiger partial charge in [0.05, 0.1) is 24.7 Å². The first-order valence-corrected chi connectivity index (χ1v) is 6.21. The summed E-state index contributed by atoms with van der Waals surface area (Å²) in [6.45, 7) is 2.86. The maximum absolute atomic E-state index is 5.48. The molecule has 0 radical (unpaired) electrons. The van der Waals surface area contributed by atoms with Gasteiger partial charge in [-0.1, -0.05) is 0 Å². The van der Waals surface area contributed by atoms with Gasteiger partial charge in [0.2, 0.25) is 0 Å². The third-order valence-corrected chi connectivity index (χ3v) is 3.40. The Hall–Kier alpha value is -1.03. The number of aryl methyl sites for hydroxylation is 1. The number of nitrogens with zero attached hydrogens (tertiary/aromatic N) is 1. The monoisotopic (exact) mass is 282 g/mol. The molecule has 2 rings (SSSR count). The Labute approximate surface area is 104 Å². The highest BCUT2D eigenvalue weighted by molar-refractivity contribution is 9.10. The minimum absolute atomic E-state index is 0.272. The fraction of sp³-hybridized carbons (Fsp3) is 0.417. The van der Waals surface area contributed by atoms with E-state index in [2.05, 4.69) is 38.4 Å². The molecule has 4 heteroatoms. The van der Waals surface area contributed by atoms with Gasteiger partial charge in [0.1, 0.15) is 10.7 Å². The van der Waals surface area contributed by atoms with Gasteiger partial charge in [-0.05, 0) is 53.4 Å². The van der Waals surface area contributed by atoms with Crippen molar-refractivity contribution in [1.82, 2.24) is 4.98 Å². The van der Waals surface area contributed by atoms with Gasteiger partial charge in [0.15, 0.2) is 0 Å². The van der Waals surface area contributed by atoms with E-state index in [-0.39, 0.29) is 6.10 Å². The molecule has 86 valence electrons. The van der Waals surface area contributed by atoms with Crippen molar-refractivity contribution in [2.24, 2.45) is 0 Å². The molecule has 1 N–H and O–H groups in total. The van der Waals surface area contributed by atoms with Gasteiger partial charge in [0, 0.05) is 0 Å². The van der Waals surface area contributed by atoms with Crippen molar-refractivity contribution < 1.29 is 4.74 Å². The van der Waals surface area contributed by atoms with Crippen LogP contribution in [0.5, 0.6) is 0 Å². The molecule has 1 unspecified atom stereocenters. The van der Waals surface area contributed by atoms with Crippen LogP contribution in [0.15, 0.2) is 29.2 Å². The smallest absolute Gasteiger partial charge is 0.115 e. The molecule has 2 heterocycles. The number of nitrogens with one attached hydrogen (secondary N) is 1. The van der Waals surface area contributed by atoms with Crippen LogP contribution in [0.25, 0.3) is 0 Å². The topological polar surface area (TPSA) is 34.1 Å². The fourth-order valence-electron chi connectivity index (χ4n) is 1.62. The van der Waals surface area contributed by atoms with E-state index in [1.54, 1.807) is 6.26 Å². The highest BCUT2D eigenvalue weighted by atomic mass is 79.9. The van der Waals surface area contributed by atoms with Crippen LogP contribution in [-0.4, -0.2) is 17.6 Å². The van der Waals surface area contributed by atoms with E-state index in [0.717, 1.165) is 35.2 Å². The molecule has 1 aliphatic heterocycles. The predicted molar refractivity (Wildman–Crippen MR) is 68.4 cm³/mol. The van der Waals surface area contributed by atoms with E-state index in [1.807, 2.05) is 13.1 Å². The van der Waals surface area contributed by atoms with Crippen molar-refractivity contribution in [3.63, 3.8) is 0 Å². The second kappa shape index (κ2) is 5.34. The summed E-state index contributed by atoms with van der Waals surface area (Å²) in [7, 11) is 0. The first kappa shape index (κ1) is 11.5. The second-order valence-corrected chi connectivity index (χ2v) is 4.67. The number of aromatic nitrogens is 1. The van der Waals surface area contributed by atoms with E-state index in [9.17, 15) is 0 Å². The van der Waals surface area contributed by atoms with E-state index in [0.29, 0.717) is 0 Å². The predicted octanol–water partition coefficient (Wildman–Crippen LogP) is 3.26. The van der Waals surface area contributed by atoms with Gasteiger partial charge >= 0.3 is 0 Å². The van der Waals surface area contributed by atoms with Crippen LogP contribution in [0.4, 0.5) is 5.69 Å². The van der Waals surface area contributed by atoms with Crippen LogP contribution in [0.3, 0.4) is 0 Å². The van der Waals surface area contributed by atoms with E-state index in [4.69, 9.17) is 4.74 Å². The molecule has 0 fully saturated rings. The molecule has 1 aromatic heterocycles. The highest BCUT2D eigenvalue weighted by Crippen LogP contribution is 2.17. The van der Waals surface area contributed by atoms with Crippen LogP contribution < -0.4 is 5.32 Å². The molecule has 16 heavy (non-hydrogen) atoms. The molecular formula is C12H15BrN2O. The van der Waals surface area contributed by atoms with Crippen molar-refractivity contribution in [3.05, 3.63) is 34.8 Å². The molecule has 0 amide bonds. The van der Waals surface area contributed by atoms with Gasteiger partial charge in [0.25, 0.3) is 0 Å². The Morgan fingerprint density at radius 1 is 1.62 bits per heavy atom. The van der Waals surface area contributed by atoms with Gasteiger partial charge in [-0.15, -0.1) is 0 Å². The molecule has 0 bridgehead atoms. The van der Waals surface area contributed by atoms with Crippen LogP contribution >= 0.6 is 15.9 Å². The quantitative estimate of drug-likeness (QED) is 0.865. The zero-order valence-electron chi connectivity index (χ0n) is 9.24. The Morgan fingerprint density at radius 3 is 3.19 bits per heavy atom. The lowest BCUT2D eigenvalue weighted by molar-refractivity contribution is 0.135. The summed E-state index contributed by atoms with van der Waals surface area (Å²) in [5.74, 6) is 0. The number of halogens is 1. The third kappa shape index (κ3) is 2.98. The highest BCUT2D eigenvalue weighted by Gasteiger charge is 2.10. The summed E-state index contributed by atoms with van der Waals surface area (Å²) in [5, 5.41) is 3.34. The Balaban J connectivity index is 1.89. The summed E-state index contributed by atoms with van der Waals surface area (Å²) in [4.78, 5) is 4.24. The molecule has 1 aliphatic rings. The lowest BCUT2D eigenvalue weighted by atomic mass is 10.1. The van der Waals surface area contributed by atoms with Crippen LogP contribution in [-0.2, 0) is 4.74 Å². The van der Waals surface area contributed by atoms with Gasteiger partial charge in [-0.2, -0.15) is 0 Å². The molecule has 0 aliphatic carbocycles. The number of allylic oxidation sites excluding steroid dienone is 1. The maximum atomic E-state index is 5.48. The Kier molecular flexibility index (Phi) is 3.83. The standard InChI is InChI=1S/C12H15BrN2O/c1-9-6-10(7-15-12(9)13)14-8-11-4-2-3-5-16-11/h3,5-7,11,14H,2,4,8H2,1H3. The molecule has 0 saturated heterocycles. The molecule has 0 spiro atoms. The SMILES string of the molecule is Cc1cc(NCC2CCC=CO2)cnc1Br. The number of ether oxygens (including phenoxy) is 1. The largest absolute Gasteiger partial charge is 0.497 e. The van der Waals surface area contributed by atoms with Crippen LogP contribution in [0.1, 0.15) is 18.4 Å². The van der Waals surface area contributed by atoms with Crippen molar-refractivity contribution >= 4 is 21.6 Å². The fourth-order valence-corrected chi connectivity index (χ4v) is 1.84. The van der Waals surface area contributed by atoms with Gasteiger partial charge in [-0.3, -0.25) is 0 Å². The summed E-state index contributed by atoms with van der Waals surface area (Å²) in [5.41, 5.74) is 2.17. The van der Waals surface area contributed by atoms with E-state index >= 15 is 0 Å². The Bertz CT molecular complexity index is 393. The molecule has 3 nitrogen and oxygen atoms in total. The summed E-state index contributed by atoms with van der Waals surface area (Å²) < 4.78 is 6.38. The normalized spacial score (nSPS) is 19.2. The average Bonchev–Trinajstić information content (AvgIpc) is 2.32. The minimum atomic E-state index is 0.272. The third-order valence-electron chi connectivity index (χ3n) is 2.57. The minimum Gasteiger partial charge on any atom is -0.497 e. The molecular weight excluding hydrogens is 268 g/mol. The average molecular weight is 283 g/mol. The zero-order chi connectivity index (χ0) is 11.4. The van der Waals surface area contributed by atoms with Gasteiger partial charge in [-0.25, -0.2) is 4.98 Å². The summed E-state index contributed by atoms with van der Waals surface area (Å²) in [6.07, 6.45) is 8.13. The second-order valence-electron chi connectivity index (χ2n) is 3.92. The number of anilines is 1. The van der Waals surface area contributed by atoms with Crippen LogP contribution in [0.2, 0.25) is 0 Å². The molecule has 0 aromatic carbocycles. The maximum Gasteiger partial charge on any atom is 0.115 e. The Morgan fingerprint density at radius 2 is 2.50 bits per heavy atom. The summed E-state index contributed by atoms with van der Waals surface area (Å²) in [6, 6.07) is 2.08. The molecule has 1 aromatic rings. The van der Waals surface area contributed by atoms with Gasteiger partial charge < -0.3 is 10.1 Å². The van der Waals surface area contributed by atoms with E-state index in [1.165, 1.54) is 0 Å². The first-order chi connectivity index (χ1) is 7.75. The lowest BCUT2D eigenvalue weighted by Gasteiger charge is -2.20. The number of rotatable bonds is 3. The lowest BCUT2D eigenvalue weighted by Crippen LogP contribution is -2.23. The summed E-state index contributed by atoms with van der Waals surface area (Å²) >= 11 is 3.38. The molecule has 1 atom stereocenters. The number of hydrogen-bond donors (Lipinski definition) is 1. The van der Waals surface area contributed by atoms with Crippen molar-refractivity contribution in [2.45, 2.75) is 25.9 Å².